The van der Waals surface area contributed by atoms with E-state index >= 15 is 0 Å². The molecule has 1 aliphatic rings. The Morgan fingerprint density at radius 2 is 1.90 bits per heavy atom. The third kappa shape index (κ3) is 6.55. The van der Waals surface area contributed by atoms with Gasteiger partial charge < -0.3 is 10.1 Å². The van der Waals surface area contributed by atoms with Crippen LogP contribution in [-0.2, 0) is 4.74 Å². The molecule has 1 fully saturated rings. The molecule has 0 radical (unpaired) electrons. The summed E-state index contributed by atoms with van der Waals surface area (Å²) in [5.74, 6) is 1.72. The van der Waals surface area contributed by atoms with Gasteiger partial charge in [-0.2, -0.15) is 0 Å². The van der Waals surface area contributed by atoms with Crippen LogP contribution in [0.3, 0.4) is 0 Å². The number of hydrogen-bond acceptors (Lipinski definition) is 3. The van der Waals surface area contributed by atoms with Crippen molar-refractivity contribution in [3.8, 4) is 0 Å². The Morgan fingerprint density at radius 1 is 1.20 bits per heavy atom. The fourth-order valence-corrected chi connectivity index (χ4v) is 3.09. The molecule has 0 aromatic carbocycles. The summed E-state index contributed by atoms with van der Waals surface area (Å²) in [5, 5.41) is 3.64. The first-order valence-electron chi connectivity index (χ1n) is 8.31. The van der Waals surface area contributed by atoms with Crippen LogP contribution in [0.25, 0.3) is 0 Å². The van der Waals surface area contributed by atoms with Gasteiger partial charge in [-0.05, 0) is 65.0 Å². The van der Waals surface area contributed by atoms with E-state index in [1.807, 2.05) is 7.11 Å². The van der Waals surface area contributed by atoms with Crippen LogP contribution in [0.4, 0.5) is 0 Å². The van der Waals surface area contributed by atoms with Crippen LogP contribution in [-0.4, -0.2) is 49.8 Å². The summed E-state index contributed by atoms with van der Waals surface area (Å²) in [6.07, 6.45) is 4.06. The monoisotopic (exact) mass is 284 g/mol. The van der Waals surface area contributed by atoms with Crippen molar-refractivity contribution in [1.82, 2.24) is 10.2 Å². The third-order valence-corrected chi connectivity index (χ3v) is 4.49. The van der Waals surface area contributed by atoms with Crippen LogP contribution in [0, 0.1) is 11.8 Å². The predicted octanol–water partition coefficient (Wildman–Crippen LogP) is 3.15. The quantitative estimate of drug-likeness (QED) is 0.811. The topological polar surface area (TPSA) is 24.5 Å². The van der Waals surface area contributed by atoms with Crippen molar-refractivity contribution in [2.45, 2.75) is 65.5 Å². The molecule has 0 aliphatic carbocycles. The number of nitrogens with one attached hydrogen (secondary N) is 1. The van der Waals surface area contributed by atoms with Crippen molar-refractivity contribution >= 4 is 0 Å². The Labute approximate surface area is 126 Å². The molecule has 2 unspecified atom stereocenters. The van der Waals surface area contributed by atoms with E-state index in [1.165, 1.54) is 32.4 Å². The minimum atomic E-state index is 0.179. The largest absolute Gasteiger partial charge is 0.383 e. The van der Waals surface area contributed by atoms with Crippen molar-refractivity contribution in [3.63, 3.8) is 0 Å². The second-order valence-electron chi connectivity index (χ2n) is 7.71. The van der Waals surface area contributed by atoms with Gasteiger partial charge in [0.25, 0.3) is 0 Å². The lowest BCUT2D eigenvalue weighted by molar-refractivity contribution is 0.0862. The summed E-state index contributed by atoms with van der Waals surface area (Å²) in [7, 11) is 1.82. The molecular weight excluding hydrogens is 248 g/mol. The zero-order valence-electron chi connectivity index (χ0n) is 14.5. The highest BCUT2D eigenvalue weighted by Gasteiger charge is 2.25. The molecule has 0 amide bonds. The highest BCUT2D eigenvalue weighted by atomic mass is 16.5. The van der Waals surface area contributed by atoms with E-state index in [4.69, 9.17) is 4.74 Å². The van der Waals surface area contributed by atoms with Crippen LogP contribution in [0.15, 0.2) is 0 Å². The zero-order chi connectivity index (χ0) is 15.2. The number of rotatable bonds is 6. The SMILES string of the molecule is COCC(CNC(C)(C)C)N1CCCC(C(C)C)CC1. The van der Waals surface area contributed by atoms with Gasteiger partial charge in [-0.3, -0.25) is 4.90 Å². The Morgan fingerprint density at radius 3 is 2.45 bits per heavy atom. The fourth-order valence-electron chi connectivity index (χ4n) is 3.09. The van der Waals surface area contributed by atoms with Gasteiger partial charge in [0, 0.05) is 25.2 Å². The molecular formula is C17H36N2O. The maximum Gasteiger partial charge on any atom is 0.0630 e. The highest BCUT2D eigenvalue weighted by Crippen LogP contribution is 2.25. The molecule has 3 nitrogen and oxygen atoms in total. The lowest BCUT2D eigenvalue weighted by Gasteiger charge is -2.33. The van der Waals surface area contributed by atoms with Gasteiger partial charge in [-0.1, -0.05) is 13.8 Å². The van der Waals surface area contributed by atoms with Crippen LogP contribution in [0.5, 0.6) is 0 Å². The summed E-state index contributed by atoms with van der Waals surface area (Å²) in [5.41, 5.74) is 0.179. The van der Waals surface area contributed by atoms with Crippen molar-refractivity contribution in [2.75, 3.05) is 33.4 Å². The van der Waals surface area contributed by atoms with Gasteiger partial charge in [-0.15, -0.1) is 0 Å². The molecule has 1 rings (SSSR count). The number of methoxy groups -OCH3 is 1. The van der Waals surface area contributed by atoms with E-state index in [9.17, 15) is 0 Å². The maximum atomic E-state index is 5.46. The Balaban J connectivity index is 2.53. The molecule has 1 N–H and O–H groups in total. The summed E-state index contributed by atoms with van der Waals surface area (Å²) in [4.78, 5) is 2.64. The molecule has 20 heavy (non-hydrogen) atoms. The van der Waals surface area contributed by atoms with Gasteiger partial charge in [0.2, 0.25) is 0 Å². The number of nitrogens with zero attached hydrogens (tertiary/aromatic N) is 1. The third-order valence-electron chi connectivity index (χ3n) is 4.49. The van der Waals surface area contributed by atoms with Crippen molar-refractivity contribution < 1.29 is 4.74 Å². The first kappa shape index (κ1) is 17.9. The Hall–Kier alpha value is -0.120. The van der Waals surface area contributed by atoms with Crippen molar-refractivity contribution in [1.29, 1.82) is 0 Å². The number of likely N-dealkylation sites (tertiary alicyclic amines) is 1. The minimum Gasteiger partial charge on any atom is -0.383 e. The first-order chi connectivity index (χ1) is 9.33. The summed E-state index contributed by atoms with van der Waals surface area (Å²) in [6, 6.07) is 0.505. The second kappa shape index (κ2) is 8.35. The molecule has 1 heterocycles. The molecule has 0 saturated carbocycles. The molecule has 0 spiro atoms. The Kier molecular flexibility index (Phi) is 7.49. The summed E-state index contributed by atoms with van der Waals surface area (Å²) >= 11 is 0. The Bertz CT molecular complexity index is 260. The number of hydrogen-bond donors (Lipinski definition) is 1. The summed E-state index contributed by atoms with van der Waals surface area (Å²) < 4.78 is 5.46. The van der Waals surface area contributed by atoms with Gasteiger partial charge >= 0.3 is 0 Å². The van der Waals surface area contributed by atoms with Crippen molar-refractivity contribution in [3.05, 3.63) is 0 Å². The lowest BCUT2D eigenvalue weighted by atomic mass is 9.89. The van der Waals surface area contributed by atoms with Crippen LogP contribution < -0.4 is 5.32 Å². The van der Waals surface area contributed by atoms with E-state index < -0.39 is 0 Å². The average molecular weight is 284 g/mol. The van der Waals surface area contributed by atoms with E-state index in [2.05, 4.69) is 44.8 Å². The van der Waals surface area contributed by atoms with E-state index in [-0.39, 0.29) is 5.54 Å². The van der Waals surface area contributed by atoms with Crippen LogP contribution in [0.2, 0.25) is 0 Å². The van der Waals surface area contributed by atoms with Gasteiger partial charge in [0.15, 0.2) is 0 Å². The zero-order valence-corrected chi connectivity index (χ0v) is 14.5. The summed E-state index contributed by atoms with van der Waals surface area (Å²) in [6.45, 7) is 15.7. The molecule has 1 aliphatic heterocycles. The van der Waals surface area contributed by atoms with Gasteiger partial charge in [0.1, 0.15) is 0 Å². The average Bonchev–Trinajstić information content (AvgIpc) is 2.59. The molecule has 3 heteroatoms. The second-order valence-corrected chi connectivity index (χ2v) is 7.71. The lowest BCUT2D eigenvalue weighted by Crippen LogP contribution is -2.50. The molecule has 0 bridgehead atoms. The molecule has 2 atom stereocenters. The van der Waals surface area contributed by atoms with Gasteiger partial charge in [-0.25, -0.2) is 0 Å². The molecule has 1 saturated heterocycles. The normalized spacial score (nSPS) is 23.9. The molecule has 120 valence electrons. The highest BCUT2D eigenvalue weighted by molar-refractivity contribution is 4.82. The first-order valence-corrected chi connectivity index (χ1v) is 8.31. The fraction of sp³-hybridized carbons (Fsp3) is 1.00. The van der Waals surface area contributed by atoms with Crippen LogP contribution >= 0.6 is 0 Å². The molecule has 0 aromatic rings. The van der Waals surface area contributed by atoms with E-state index in [0.717, 1.165) is 25.0 Å². The van der Waals surface area contributed by atoms with Gasteiger partial charge in [0.05, 0.1) is 6.61 Å². The molecule has 0 aromatic heterocycles. The maximum absolute atomic E-state index is 5.46. The van der Waals surface area contributed by atoms with E-state index in [1.54, 1.807) is 0 Å². The van der Waals surface area contributed by atoms with Crippen LogP contribution in [0.1, 0.15) is 53.9 Å². The van der Waals surface area contributed by atoms with E-state index in [0.29, 0.717) is 6.04 Å². The number of ether oxygens (including phenoxy) is 1. The minimum absolute atomic E-state index is 0.179. The smallest absolute Gasteiger partial charge is 0.0630 e. The van der Waals surface area contributed by atoms with Crippen molar-refractivity contribution in [2.24, 2.45) is 11.8 Å². The predicted molar refractivity (Wildman–Crippen MR) is 87.2 cm³/mol. The standard InChI is InChI=1S/C17H36N2O/c1-14(2)15-8-7-10-19(11-9-15)16(13-20-6)12-18-17(3,4)5/h14-16,18H,7-13H2,1-6H3.